The molecule has 0 saturated carbocycles. The largest absolute Gasteiger partial charge is 0.397 e. The highest BCUT2D eigenvalue weighted by atomic mass is 32.2. The number of hydrogen-bond acceptors (Lipinski definition) is 8. The summed E-state index contributed by atoms with van der Waals surface area (Å²) in [7, 11) is -0.442. The summed E-state index contributed by atoms with van der Waals surface area (Å²) in [4.78, 5) is 25.5. The molecular weight excluding hydrogens is 468 g/mol. The smallest absolute Gasteiger partial charge is 0.281 e. The van der Waals surface area contributed by atoms with Crippen LogP contribution in [0, 0.1) is 6.92 Å². The average Bonchev–Trinajstić information content (AvgIpc) is 2.80. The molecule has 5 N–H and O–H groups in total. The van der Waals surface area contributed by atoms with E-state index in [0.717, 1.165) is 22.1 Å². The van der Waals surface area contributed by atoms with E-state index in [-0.39, 0.29) is 5.91 Å². The van der Waals surface area contributed by atoms with E-state index in [1.807, 2.05) is 13.0 Å². The number of nitrogen functional groups attached to an aromatic ring is 2. The van der Waals surface area contributed by atoms with Gasteiger partial charge in [-0.2, -0.15) is 17.0 Å². The Kier molecular flexibility index (Phi) is 6.70. The number of hydrogen-bond donors (Lipinski definition) is 3. The van der Waals surface area contributed by atoms with Gasteiger partial charge >= 0.3 is 0 Å². The van der Waals surface area contributed by atoms with Crippen LogP contribution in [0.1, 0.15) is 18.4 Å². The van der Waals surface area contributed by atoms with Crippen molar-refractivity contribution in [1.82, 2.24) is 23.6 Å². The molecule has 0 atom stereocenters. The highest BCUT2D eigenvalue weighted by Crippen LogP contribution is 2.30. The maximum Gasteiger partial charge on any atom is 0.281 e. The van der Waals surface area contributed by atoms with Crippen molar-refractivity contribution < 1.29 is 13.2 Å². The van der Waals surface area contributed by atoms with Gasteiger partial charge in [-0.05, 0) is 42.8 Å². The summed E-state index contributed by atoms with van der Waals surface area (Å²) < 4.78 is 27.1. The molecule has 0 unspecified atom stereocenters. The van der Waals surface area contributed by atoms with E-state index in [1.54, 1.807) is 24.7 Å². The quantitative estimate of drug-likeness (QED) is 0.452. The van der Waals surface area contributed by atoms with Crippen LogP contribution < -0.4 is 16.8 Å². The van der Waals surface area contributed by atoms with E-state index in [1.165, 1.54) is 28.8 Å². The third-order valence-electron chi connectivity index (χ3n) is 6.01. The lowest BCUT2D eigenvalue weighted by Crippen LogP contribution is -2.43. The molecule has 1 aliphatic heterocycles. The van der Waals surface area contributed by atoms with Crippen LogP contribution in [-0.4, -0.2) is 65.1 Å². The molecule has 184 valence electrons. The van der Waals surface area contributed by atoms with Gasteiger partial charge in [0.25, 0.3) is 10.2 Å². The number of anilines is 3. The number of nitrogens with zero attached hydrogens (tertiary/aromatic N) is 5. The van der Waals surface area contributed by atoms with Crippen LogP contribution in [0.5, 0.6) is 0 Å². The number of pyridine rings is 3. The van der Waals surface area contributed by atoms with E-state index < -0.39 is 10.2 Å². The van der Waals surface area contributed by atoms with Crippen LogP contribution in [0.3, 0.4) is 0 Å². The molecular formula is C23H28N8O3S. The Hall–Kier alpha value is -3.61. The van der Waals surface area contributed by atoms with E-state index in [4.69, 9.17) is 11.5 Å². The standard InChI is InChI=1S/C23H28N8O3S/c1-14-17(11-26-13-19(14)24)20-9-16-10-21(27-12-18(16)23(25)28-20)29-22(32)8-15-4-6-31(7-5-15)35(33,34)30(2)3/h8-13H,4-7,24H2,1-3H3,(H2,25,28)(H,27,29,32). The Balaban J connectivity index is 1.52. The minimum Gasteiger partial charge on any atom is -0.397 e. The maximum absolute atomic E-state index is 12.6. The van der Waals surface area contributed by atoms with Gasteiger partial charge in [0, 0.05) is 56.6 Å². The van der Waals surface area contributed by atoms with Gasteiger partial charge in [-0.25, -0.2) is 9.97 Å². The predicted molar refractivity (Wildman–Crippen MR) is 136 cm³/mol. The molecule has 4 rings (SSSR count). The number of aromatic nitrogens is 3. The highest BCUT2D eigenvalue weighted by molar-refractivity contribution is 7.86. The molecule has 1 aliphatic rings. The molecule has 1 fully saturated rings. The van der Waals surface area contributed by atoms with Crippen molar-refractivity contribution in [3.63, 3.8) is 0 Å². The minimum absolute atomic E-state index is 0.311. The molecule has 0 bridgehead atoms. The molecule has 3 aromatic rings. The number of amides is 1. The van der Waals surface area contributed by atoms with Crippen molar-refractivity contribution in [2.75, 3.05) is 44.0 Å². The first-order valence-corrected chi connectivity index (χ1v) is 12.4. The lowest BCUT2D eigenvalue weighted by Gasteiger charge is -2.29. The van der Waals surface area contributed by atoms with Crippen LogP contribution in [0.2, 0.25) is 0 Å². The zero-order chi connectivity index (χ0) is 25.3. The second-order valence-corrected chi connectivity index (χ2v) is 10.7. The van der Waals surface area contributed by atoms with Crippen molar-refractivity contribution in [1.29, 1.82) is 0 Å². The Morgan fingerprint density at radius 2 is 1.86 bits per heavy atom. The molecule has 3 aromatic heterocycles. The van der Waals surface area contributed by atoms with E-state index >= 15 is 0 Å². The van der Waals surface area contributed by atoms with Crippen LogP contribution in [0.25, 0.3) is 22.0 Å². The summed E-state index contributed by atoms with van der Waals surface area (Å²) in [5.41, 5.74) is 15.8. The van der Waals surface area contributed by atoms with Crippen molar-refractivity contribution in [2.45, 2.75) is 19.8 Å². The average molecular weight is 497 g/mol. The topological polar surface area (TPSA) is 160 Å². The Morgan fingerprint density at radius 3 is 2.54 bits per heavy atom. The second-order valence-electron chi connectivity index (χ2n) is 8.57. The van der Waals surface area contributed by atoms with Crippen LogP contribution in [0.4, 0.5) is 17.3 Å². The zero-order valence-corrected chi connectivity index (χ0v) is 20.6. The van der Waals surface area contributed by atoms with Gasteiger partial charge in [-0.15, -0.1) is 0 Å². The number of nitrogens with two attached hydrogens (primary N) is 2. The summed E-state index contributed by atoms with van der Waals surface area (Å²) in [6.07, 6.45) is 7.33. The van der Waals surface area contributed by atoms with Gasteiger partial charge in [0.2, 0.25) is 5.91 Å². The number of fused-ring (bicyclic) bond motifs is 1. The number of rotatable bonds is 5. The van der Waals surface area contributed by atoms with E-state index in [2.05, 4.69) is 20.3 Å². The number of carbonyl (C=O) groups excluding carboxylic acids is 1. The molecule has 12 heteroatoms. The lowest BCUT2D eigenvalue weighted by atomic mass is 10.0. The van der Waals surface area contributed by atoms with E-state index in [9.17, 15) is 13.2 Å². The fourth-order valence-corrected chi connectivity index (χ4v) is 5.01. The normalized spacial score (nSPS) is 14.9. The summed E-state index contributed by atoms with van der Waals surface area (Å²) >= 11 is 0. The Labute approximate surface area is 204 Å². The molecule has 35 heavy (non-hydrogen) atoms. The van der Waals surface area contributed by atoms with Crippen molar-refractivity contribution >= 4 is 44.2 Å². The van der Waals surface area contributed by atoms with Gasteiger partial charge in [0.05, 0.1) is 17.6 Å². The molecule has 4 heterocycles. The van der Waals surface area contributed by atoms with Crippen molar-refractivity contribution in [3.05, 3.63) is 47.9 Å². The summed E-state index contributed by atoms with van der Waals surface area (Å²) in [6, 6.07) is 3.58. The molecule has 0 radical (unpaired) electrons. The van der Waals surface area contributed by atoms with Gasteiger partial charge in [-0.1, -0.05) is 5.57 Å². The van der Waals surface area contributed by atoms with Gasteiger partial charge < -0.3 is 16.8 Å². The first kappa shape index (κ1) is 24.5. The van der Waals surface area contributed by atoms with E-state index in [0.29, 0.717) is 54.3 Å². The molecule has 1 saturated heterocycles. The Morgan fingerprint density at radius 1 is 1.14 bits per heavy atom. The molecule has 0 spiro atoms. The fraction of sp³-hybridized carbons (Fsp3) is 0.304. The number of nitrogens with one attached hydrogen (secondary N) is 1. The van der Waals surface area contributed by atoms with Crippen molar-refractivity contribution in [3.8, 4) is 11.3 Å². The first-order chi connectivity index (χ1) is 16.6. The molecule has 0 aromatic carbocycles. The van der Waals surface area contributed by atoms with Gasteiger partial charge in [0.1, 0.15) is 11.6 Å². The van der Waals surface area contributed by atoms with Crippen LogP contribution in [0.15, 0.2) is 42.4 Å². The third kappa shape index (κ3) is 5.09. The second kappa shape index (κ2) is 9.56. The lowest BCUT2D eigenvalue weighted by molar-refractivity contribution is -0.112. The maximum atomic E-state index is 12.6. The highest BCUT2D eigenvalue weighted by Gasteiger charge is 2.27. The summed E-state index contributed by atoms with van der Waals surface area (Å²) in [6.45, 7) is 2.56. The molecule has 11 nitrogen and oxygen atoms in total. The Bertz CT molecular complexity index is 1430. The summed E-state index contributed by atoms with van der Waals surface area (Å²) in [5.74, 6) is 0.353. The van der Waals surface area contributed by atoms with Crippen LogP contribution in [-0.2, 0) is 15.0 Å². The van der Waals surface area contributed by atoms with Gasteiger partial charge in [-0.3, -0.25) is 9.78 Å². The SMILES string of the molecule is Cc1c(N)cncc1-c1cc2cc(NC(=O)C=C3CCN(S(=O)(=O)N(C)C)CC3)ncc2c(N)n1. The summed E-state index contributed by atoms with van der Waals surface area (Å²) in [5, 5.41) is 4.20. The first-order valence-electron chi connectivity index (χ1n) is 11.0. The van der Waals surface area contributed by atoms with Crippen LogP contribution >= 0.6 is 0 Å². The third-order valence-corrected chi connectivity index (χ3v) is 7.95. The number of carbonyl (C=O) groups is 1. The van der Waals surface area contributed by atoms with Crippen molar-refractivity contribution in [2.24, 2.45) is 0 Å². The zero-order valence-electron chi connectivity index (χ0n) is 19.8. The molecule has 0 aliphatic carbocycles. The molecule has 1 amide bonds. The predicted octanol–water partition coefficient (Wildman–Crippen LogP) is 1.93. The monoisotopic (exact) mass is 496 g/mol. The van der Waals surface area contributed by atoms with Gasteiger partial charge in [0.15, 0.2) is 0 Å². The fourth-order valence-electron chi connectivity index (χ4n) is 3.91. The number of piperidine rings is 1. The minimum atomic E-state index is -3.45.